The van der Waals surface area contributed by atoms with Gasteiger partial charge in [-0.25, -0.2) is 4.79 Å². The fraction of sp³-hybridized carbons (Fsp3) is 0.381. The van der Waals surface area contributed by atoms with Gasteiger partial charge in [0, 0.05) is 23.6 Å². The first-order valence-corrected chi connectivity index (χ1v) is 10.4. The summed E-state index contributed by atoms with van der Waals surface area (Å²) in [6, 6.07) is 10.9. The minimum atomic E-state index is -0.576. The monoisotopic (exact) mass is 423 g/mol. The summed E-state index contributed by atoms with van der Waals surface area (Å²) >= 11 is 7.83. The van der Waals surface area contributed by atoms with Gasteiger partial charge in [-0.05, 0) is 56.9 Å². The second-order valence-electron chi connectivity index (χ2n) is 7.34. The van der Waals surface area contributed by atoms with E-state index in [0.717, 1.165) is 16.0 Å². The Morgan fingerprint density at radius 1 is 1.21 bits per heavy atom. The van der Waals surface area contributed by atoms with Gasteiger partial charge in [-0.1, -0.05) is 17.7 Å². The Morgan fingerprint density at radius 2 is 1.93 bits per heavy atom. The van der Waals surface area contributed by atoms with E-state index in [2.05, 4.69) is 0 Å². The molecule has 7 heteroatoms. The minimum absolute atomic E-state index is 0.0995. The average molecular weight is 424 g/mol. The zero-order valence-corrected chi connectivity index (χ0v) is 18.4. The lowest BCUT2D eigenvalue weighted by atomic mass is 10.1. The highest BCUT2D eigenvalue weighted by Crippen LogP contribution is 2.33. The number of thioether (sulfide) groups is 1. The number of ether oxygens (including phenoxy) is 2. The van der Waals surface area contributed by atoms with Crippen LogP contribution in [0.5, 0.6) is 11.5 Å². The molecular formula is C21H26ClNO4S. The first-order chi connectivity index (χ1) is 13.1. The molecule has 0 unspecified atom stereocenters. The molecule has 0 aliphatic rings. The molecule has 0 saturated heterocycles. The van der Waals surface area contributed by atoms with Crippen LogP contribution in [0.1, 0.15) is 31.9 Å². The van der Waals surface area contributed by atoms with Gasteiger partial charge in [0.1, 0.15) is 17.1 Å². The molecule has 0 saturated carbocycles. The van der Waals surface area contributed by atoms with Gasteiger partial charge in [-0.2, -0.15) is 0 Å². The highest BCUT2D eigenvalue weighted by Gasteiger charge is 2.21. The van der Waals surface area contributed by atoms with Gasteiger partial charge >= 0.3 is 6.09 Å². The van der Waals surface area contributed by atoms with Crippen molar-refractivity contribution in [3.05, 3.63) is 52.5 Å². The molecule has 0 radical (unpaired) electrons. The lowest BCUT2D eigenvalue weighted by Gasteiger charge is -2.25. The highest BCUT2D eigenvalue weighted by atomic mass is 35.5. The Labute approximate surface area is 175 Å². The lowest BCUT2D eigenvalue weighted by molar-refractivity contribution is 0.0284. The van der Waals surface area contributed by atoms with Crippen molar-refractivity contribution in [3.63, 3.8) is 0 Å². The average Bonchev–Trinajstić information content (AvgIpc) is 2.61. The Balaban J connectivity index is 2.25. The topological polar surface area (TPSA) is 59.0 Å². The number of carbonyl (C=O) groups excluding carboxylic acids is 1. The minimum Gasteiger partial charge on any atom is -0.457 e. The van der Waals surface area contributed by atoms with Gasteiger partial charge in [0.15, 0.2) is 0 Å². The molecule has 0 fully saturated rings. The maximum absolute atomic E-state index is 12.3. The van der Waals surface area contributed by atoms with Crippen molar-refractivity contribution in [1.82, 2.24) is 4.90 Å². The van der Waals surface area contributed by atoms with Gasteiger partial charge < -0.3 is 19.5 Å². The summed E-state index contributed by atoms with van der Waals surface area (Å²) < 4.78 is 11.4. The van der Waals surface area contributed by atoms with Crippen LogP contribution in [0.25, 0.3) is 0 Å². The zero-order chi connectivity index (χ0) is 20.9. The van der Waals surface area contributed by atoms with E-state index in [-0.39, 0.29) is 13.2 Å². The van der Waals surface area contributed by atoms with Crippen LogP contribution in [0.2, 0.25) is 5.02 Å². The number of halogens is 1. The molecule has 0 aromatic heterocycles. The summed E-state index contributed by atoms with van der Waals surface area (Å²) in [7, 11) is 1.66. The zero-order valence-electron chi connectivity index (χ0n) is 16.8. The number of rotatable bonds is 6. The molecule has 1 N–H and O–H groups in total. The molecule has 0 aliphatic heterocycles. The maximum Gasteiger partial charge on any atom is 0.410 e. The molecule has 0 atom stereocenters. The number of hydrogen-bond acceptors (Lipinski definition) is 5. The Morgan fingerprint density at radius 3 is 2.50 bits per heavy atom. The van der Waals surface area contributed by atoms with Gasteiger partial charge in [0.25, 0.3) is 0 Å². The Bertz CT molecular complexity index is 836. The third kappa shape index (κ3) is 6.33. The van der Waals surface area contributed by atoms with E-state index in [0.29, 0.717) is 16.5 Å². The number of carbonyl (C=O) groups is 1. The van der Waals surface area contributed by atoms with Crippen molar-refractivity contribution >= 4 is 29.5 Å². The molecule has 0 spiro atoms. The van der Waals surface area contributed by atoms with Crippen LogP contribution in [-0.4, -0.2) is 35.0 Å². The van der Waals surface area contributed by atoms with Crippen LogP contribution in [-0.2, 0) is 17.9 Å². The fourth-order valence-electron chi connectivity index (χ4n) is 2.45. The quantitative estimate of drug-likeness (QED) is 0.602. The van der Waals surface area contributed by atoms with E-state index in [1.54, 1.807) is 37.0 Å². The van der Waals surface area contributed by atoms with Crippen LogP contribution in [0.3, 0.4) is 0 Å². The van der Waals surface area contributed by atoms with Crippen LogP contribution >= 0.6 is 23.4 Å². The van der Waals surface area contributed by atoms with Crippen molar-refractivity contribution < 1.29 is 19.4 Å². The molecule has 1 amide bonds. The summed E-state index contributed by atoms with van der Waals surface area (Å²) in [4.78, 5) is 14.7. The number of amides is 1. The lowest BCUT2D eigenvalue weighted by Crippen LogP contribution is -2.33. The molecule has 0 heterocycles. The smallest absolute Gasteiger partial charge is 0.410 e. The largest absolute Gasteiger partial charge is 0.457 e. The van der Waals surface area contributed by atoms with Crippen LogP contribution in [0.4, 0.5) is 4.79 Å². The summed E-state index contributed by atoms with van der Waals surface area (Å²) in [6.07, 6.45) is 1.53. The molecular weight excluding hydrogens is 398 g/mol. The van der Waals surface area contributed by atoms with Crippen molar-refractivity contribution in [2.24, 2.45) is 0 Å². The van der Waals surface area contributed by atoms with E-state index >= 15 is 0 Å². The number of aliphatic hydroxyl groups excluding tert-OH is 1. The molecule has 152 valence electrons. The molecule has 5 nitrogen and oxygen atoms in total. The second kappa shape index (κ2) is 9.54. The molecule has 0 bridgehead atoms. The van der Waals surface area contributed by atoms with Gasteiger partial charge in [-0.15, -0.1) is 11.8 Å². The van der Waals surface area contributed by atoms with Crippen molar-refractivity contribution in [3.8, 4) is 11.5 Å². The summed E-state index contributed by atoms with van der Waals surface area (Å²) in [5.74, 6) is 1.18. The van der Waals surface area contributed by atoms with E-state index in [1.807, 2.05) is 45.2 Å². The first kappa shape index (κ1) is 22.4. The number of benzene rings is 2. The second-order valence-corrected chi connectivity index (χ2v) is 8.59. The third-order valence-electron chi connectivity index (χ3n) is 3.77. The van der Waals surface area contributed by atoms with Gasteiger partial charge in [0.2, 0.25) is 0 Å². The fourth-order valence-corrected chi connectivity index (χ4v) is 3.31. The molecule has 2 rings (SSSR count). The van der Waals surface area contributed by atoms with E-state index in [4.69, 9.17) is 21.1 Å². The Hall–Kier alpha value is -1.89. The normalized spacial score (nSPS) is 11.2. The van der Waals surface area contributed by atoms with Crippen molar-refractivity contribution in [2.75, 3.05) is 13.3 Å². The molecule has 0 aliphatic carbocycles. The SMILES string of the molecule is CSc1ccc(Oc2ccc(CO)cc2CN(C)C(=O)OC(C)(C)C)cc1Cl. The highest BCUT2D eigenvalue weighted by molar-refractivity contribution is 7.98. The van der Waals surface area contributed by atoms with Gasteiger partial charge in [0.05, 0.1) is 18.2 Å². The standard InChI is InChI=1S/C21H26ClNO4S/c1-21(2,3)27-20(25)23(4)12-15-10-14(13-24)6-8-18(15)26-16-7-9-19(28-5)17(22)11-16/h6-11,24H,12-13H2,1-5H3. The molecule has 2 aromatic rings. The van der Waals surface area contributed by atoms with E-state index in [1.165, 1.54) is 4.90 Å². The van der Waals surface area contributed by atoms with E-state index in [9.17, 15) is 9.90 Å². The Kier molecular flexibility index (Phi) is 7.63. The predicted octanol–water partition coefficient (Wildman–Crippen LogP) is 5.71. The number of aliphatic hydroxyl groups is 1. The maximum atomic E-state index is 12.3. The molecule has 28 heavy (non-hydrogen) atoms. The number of nitrogens with zero attached hydrogens (tertiary/aromatic N) is 1. The van der Waals surface area contributed by atoms with Crippen LogP contribution in [0.15, 0.2) is 41.3 Å². The van der Waals surface area contributed by atoms with E-state index < -0.39 is 11.7 Å². The van der Waals surface area contributed by atoms with Crippen molar-refractivity contribution in [1.29, 1.82) is 0 Å². The summed E-state index contributed by atoms with van der Waals surface area (Å²) in [5.41, 5.74) is 0.911. The predicted molar refractivity (Wildman–Crippen MR) is 113 cm³/mol. The number of hydrogen-bond donors (Lipinski definition) is 1. The van der Waals surface area contributed by atoms with Crippen molar-refractivity contribution in [2.45, 2.75) is 44.4 Å². The van der Waals surface area contributed by atoms with Gasteiger partial charge in [-0.3, -0.25) is 0 Å². The summed E-state index contributed by atoms with van der Waals surface area (Å²) in [5, 5.41) is 10.1. The molecule has 2 aromatic carbocycles. The third-order valence-corrected chi connectivity index (χ3v) is 4.99. The van der Waals surface area contributed by atoms with Crippen LogP contribution in [0, 0.1) is 0 Å². The first-order valence-electron chi connectivity index (χ1n) is 8.81. The summed E-state index contributed by atoms with van der Waals surface area (Å²) in [6.45, 7) is 5.64. The van der Waals surface area contributed by atoms with Crippen LogP contribution < -0.4 is 4.74 Å².